The van der Waals surface area contributed by atoms with Gasteiger partial charge in [0.1, 0.15) is 5.69 Å². The molecule has 1 amide bonds. The van der Waals surface area contributed by atoms with Crippen molar-refractivity contribution in [2.75, 3.05) is 12.4 Å². The lowest BCUT2D eigenvalue weighted by Gasteiger charge is -2.05. The molecule has 3 rings (SSSR count). The van der Waals surface area contributed by atoms with Crippen LogP contribution in [0.2, 0.25) is 0 Å². The largest absolute Gasteiger partial charge is 0.465 e. The van der Waals surface area contributed by atoms with Crippen molar-refractivity contribution in [3.63, 3.8) is 0 Å². The molecule has 0 saturated heterocycles. The number of hydrogen-bond acceptors (Lipinski definition) is 5. The van der Waals surface area contributed by atoms with Gasteiger partial charge in [-0.1, -0.05) is 24.0 Å². The maximum Gasteiger partial charge on any atom is 0.337 e. The topological polar surface area (TPSA) is 90.3 Å². The number of benzene rings is 2. The highest BCUT2D eigenvalue weighted by Gasteiger charge is 2.09. The summed E-state index contributed by atoms with van der Waals surface area (Å²) < 4.78 is 5.80. The van der Waals surface area contributed by atoms with E-state index < -0.39 is 11.9 Å². The fourth-order valence-corrected chi connectivity index (χ4v) is 2.48. The van der Waals surface area contributed by atoms with Crippen LogP contribution in [0.4, 0.5) is 5.69 Å². The maximum atomic E-state index is 12.3. The predicted molar refractivity (Wildman–Crippen MR) is 108 cm³/mol. The Kier molecular flexibility index (Phi) is 5.85. The van der Waals surface area contributed by atoms with E-state index in [1.54, 1.807) is 48.5 Å². The second-order valence-corrected chi connectivity index (χ2v) is 6.04. The minimum atomic E-state index is -0.434. The monoisotopic (exact) mass is 387 g/mol. The molecular weight excluding hydrogens is 370 g/mol. The first kappa shape index (κ1) is 19.6. The average Bonchev–Trinajstić information content (AvgIpc) is 2.74. The van der Waals surface area contributed by atoms with E-state index >= 15 is 0 Å². The maximum absolute atomic E-state index is 12.3. The highest BCUT2D eigenvalue weighted by Crippen LogP contribution is 2.12. The molecule has 2 aromatic carbocycles. The summed E-state index contributed by atoms with van der Waals surface area (Å²) in [6, 6.07) is 16.5. The molecule has 0 fully saturated rings. The Bertz CT molecular complexity index is 1200. The molecule has 1 N–H and O–H groups in total. The number of nitrogens with zero attached hydrogens (tertiary/aromatic N) is 2. The fraction of sp³-hybridized carbons (Fsp3) is 0.0909. The van der Waals surface area contributed by atoms with Crippen molar-refractivity contribution in [3.05, 3.63) is 93.4 Å². The van der Waals surface area contributed by atoms with E-state index in [2.05, 4.69) is 22.3 Å². The zero-order valence-corrected chi connectivity index (χ0v) is 15.8. The van der Waals surface area contributed by atoms with Crippen molar-refractivity contribution in [2.24, 2.45) is 7.05 Å². The lowest BCUT2D eigenvalue weighted by atomic mass is 10.1. The summed E-state index contributed by atoms with van der Waals surface area (Å²) in [5, 5.41) is 6.65. The summed E-state index contributed by atoms with van der Waals surface area (Å²) >= 11 is 0. The van der Waals surface area contributed by atoms with Crippen molar-refractivity contribution in [1.82, 2.24) is 9.78 Å². The molecule has 7 nitrogen and oxygen atoms in total. The smallest absolute Gasteiger partial charge is 0.337 e. The normalized spacial score (nSPS) is 9.86. The number of carbonyl (C=O) groups is 2. The number of methoxy groups -OCH3 is 1. The van der Waals surface area contributed by atoms with Gasteiger partial charge in [0.25, 0.3) is 11.5 Å². The van der Waals surface area contributed by atoms with Crippen molar-refractivity contribution < 1.29 is 14.3 Å². The van der Waals surface area contributed by atoms with Crippen LogP contribution in [0.3, 0.4) is 0 Å². The van der Waals surface area contributed by atoms with Crippen LogP contribution in [0.1, 0.15) is 32.0 Å². The van der Waals surface area contributed by atoms with Crippen LogP contribution in [0, 0.1) is 11.8 Å². The minimum absolute atomic E-state index is 0.128. The summed E-state index contributed by atoms with van der Waals surface area (Å²) in [6.45, 7) is 0. The van der Waals surface area contributed by atoms with Crippen LogP contribution in [0.5, 0.6) is 0 Å². The van der Waals surface area contributed by atoms with E-state index in [4.69, 9.17) is 4.74 Å². The minimum Gasteiger partial charge on any atom is -0.465 e. The summed E-state index contributed by atoms with van der Waals surface area (Å²) in [4.78, 5) is 35.3. The second kappa shape index (κ2) is 8.67. The number of rotatable bonds is 3. The Balaban J connectivity index is 1.78. The number of ether oxygens (including phenoxy) is 1. The number of nitrogens with one attached hydrogen (secondary N) is 1. The highest BCUT2D eigenvalue weighted by molar-refractivity contribution is 6.02. The van der Waals surface area contributed by atoms with Crippen LogP contribution in [0.25, 0.3) is 0 Å². The number of anilines is 1. The van der Waals surface area contributed by atoms with E-state index in [0.29, 0.717) is 22.4 Å². The summed E-state index contributed by atoms with van der Waals surface area (Å²) in [6.07, 6.45) is 0. The van der Waals surface area contributed by atoms with Gasteiger partial charge in [-0.3, -0.25) is 9.59 Å². The molecule has 3 aromatic rings. The number of hydrogen-bond donors (Lipinski definition) is 1. The Morgan fingerprint density at radius 1 is 1.00 bits per heavy atom. The molecule has 0 aliphatic heterocycles. The van der Waals surface area contributed by atoms with Crippen molar-refractivity contribution >= 4 is 17.6 Å². The summed E-state index contributed by atoms with van der Waals surface area (Å²) in [7, 11) is 2.80. The van der Waals surface area contributed by atoms with E-state index in [-0.39, 0.29) is 11.3 Å². The molecule has 0 radical (unpaired) electrons. The van der Waals surface area contributed by atoms with Gasteiger partial charge < -0.3 is 10.1 Å². The van der Waals surface area contributed by atoms with Crippen LogP contribution in [-0.4, -0.2) is 28.8 Å². The second-order valence-electron chi connectivity index (χ2n) is 6.04. The zero-order valence-electron chi connectivity index (χ0n) is 15.8. The van der Waals surface area contributed by atoms with E-state index in [9.17, 15) is 14.4 Å². The van der Waals surface area contributed by atoms with Gasteiger partial charge in [0.2, 0.25) is 0 Å². The van der Waals surface area contributed by atoms with E-state index in [1.807, 2.05) is 0 Å². The molecule has 0 unspecified atom stereocenters. The average molecular weight is 387 g/mol. The molecule has 0 aliphatic carbocycles. The molecule has 144 valence electrons. The Morgan fingerprint density at radius 2 is 1.69 bits per heavy atom. The molecular formula is C22H17N3O4. The first-order chi connectivity index (χ1) is 14.0. The van der Waals surface area contributed by atoms with Crippen LogP contribution >= 0.6 is 0 Å². The standard InChI is InChI=1S/C22H17N3O4/c1-25-20(26)12-11-19(24-25)21(27)23-18-8-4-6-16(14-18)10-9-15-5-3-7-17(13-15)22(28)29-2/h3-8,11-14H,1-2H3,(H,23,27). The van der Waals surface area contributed by atoms with Crippen molar-refractivity contribution in [2.45, 2.75) is 0 Å². The van der Waals surface area contributed by atoms with Crippen LogP contribution in [-0.2, 0) is 11.8 Å². The van der Waals surface area contributed by atoms with Gasteiger partial charge in [0.15, 0.2) is 0 Å². The van der Waals surface area contributed by atoms with Gasteiger partial charge in [-0.15, -0.1) is 0 Å². The van der Waals surface area contributed by atoms with Gasteiger partial charge in [-0.25, -0.2) is 9.48 Å². The number of carbonyl (C=O) groups excluding carboxylic acids is 2. The predicted octanol–water partition coefficient (Wildman–Crippen LogP) is 2.22. The molecule has 0 bridgehead atoms. The van der Waals surface area contributed by atoms with E-state index in [1.165, 1.54) is 26.3 Å². The Labute approximate surface area is 167 Å². The van der Waals surface area contributed by atoms with Crippen LogP contribution in [0.15, 0.2) is 65.5 Å². The molecule has 1 aromatic heterocycles. The van der Waals surface area contributed by atoms with Gasteiger partial charge in [0, 0.05) is 29.9 Å². The number of esters is 1. The highest BCUT2D eigenvalue weighted by atomic mass is 16.5. The first-order valence-electron chi connectivity index (χ1n) is 8.62. The third-order valence-corrected chi connectivity index (χ3v) is 3.95. The molecule has 0 aliphatic rings. The third-order valence-electron chi connectivity index (χ3n) is 3.95. The van der Waals surface area contributed by atoms with Gasteiger partial charge in [0.05, 0.1) is 12.7 Å². The molecule has 0 atom stereocenters. The lowest BCUT2D eigenvalue weighted by Crippen LogP contribution is -2.23. The van der Waals surface area contributed by atoms with E-state index in [0.717, 1.165) is 4.68 Å². The fourth-order valence-electron chi connectivity index (χ4n) is 2.48. The molecule has 29 heavy (non-hydrogen) atoms. The first-order valence-corrected chi connectivity index (χ1v) is 8.62. The van der Waals surface area contributed by atoms with Crippen molar-refractivity contribution in [1.29, 1.82) is 0 Å². The molecule has 7 heteroatoms. The molecule has 0 saturated carbocycles. The van der Waals surface area contributed by atoms with Crippen molar-refractivity contribution in [3.8, 4) is 11.8 Å². The SMILES string of the molecule is COC(=O)c1cccc(C#Cc2cccc(NC(=O)c3ccc(=O)n(C)n3)c2)c1. The summed E-state index contributed by atoms with van der Waals surface area (Å²) in [5.74, 6) is 5.13. The van der Waals surface area contributed by atoms with Gasteiger partial charge in [-0.05, 0) is 42.5 Å². The molecule has 1 heterocycles. The number of amides is 1. The number of aromatic nitrogens is 2. The Morgan fingerprint density at radius 3 is 2.38 bits per heavy atom. The quantitative estimate of drug-likeness (QED) is 0.550. The molecule has 0 spiro atoms. The summed E-state index contributed by atoms with van der Waals surface area (Å²) in [5.41, 5.74) is 2.14. The zero-order chi connectivity index (χ0) is 20.8. The Hall–Kier alpha value is -4.18. The van der Waals surface area contributed by atoms with Gasteiger partial charge in [-0.2, -0.15) is 5.10 Å². The van der Waals surface area contributed by atoms with Crippen LogP contribution < -0.4 is 10.9 Å². The lowest BCUT2D eigenvalue weighted by molar-refractivity contribution is 0.0600. The third kappa shape index (κ3) is 4.96. The number of aryl methyl sites for hydroxylation is 1. The van der Waals surface area contributed by atoms with Gasteiger partial charge >= 0.3 is 5.97 Å².